The van der Waals surface area contributed by atoms with E-state index in [4.69, 9.17) is 0 Å². The Hall–Kier alpha value is 0.0249. The number of fused-ring (bicyclic) bond motifs is 1. The van der Waals surface area contributed by atoms with Crippen LogP contribution in [-0.2, 0) is 0 Å². The van der Waals surface area contributed by atoms with E-state index < -0.39 is 0 Å². The van der Waals surface area contributed by atoms with Crippen molar-refractivity contribution in [2.75, 3.05) is 6.54 Å². The average molecular weight is 305 g/mol. The molecule has 2 fully saturated rings. The third-order valence-corrected chi connectivity index (χ3v) is 8.19. The summed E-state index contributed by atoms with van der Waals surface area (Å²) in [5.41, 5.74) is 0. The van der Waals surface area contributed by atoms with Crippen LogP contribution in [0, 0.1) is 29.6 Å². The number of nitrogens with zero attached hydrogens (tertiary/aromatic N) is 1. The molecule has 128 valence electrons. The first-order valence-electron chi connectivity index (χ1n) is 10.0. The van der Waals surface area contributed by atoms with Gasteiger partial charge in [0.05, 0.1) is 0 Å². The zero-order valence-corrected chi connectivity index (χ0v) is 16.5. The van der Waals surface area contributed by atoms with E-state index in [-0.39, 0.29) is 0 Å². The molecule has 2 aliphatic rings. The predicted octanol–water partition coefficient (Wildman–Crippen LogP) is 5.55. The fraction of sp³-hybridized carbons (Fsp3) is 1.00. The van der Waals surface area contributed by atoms with Crippen LogP contribution < -0.4 is 0 Å². The Bertz CT molecular complexity index is 358. The molecule has 2 rings (SSSR count). The Balaban J connectivity index is 2.28. The smallest absolute Gasteiger partial charge is 0.145 e. The molecule has 2 heterocycles. The maximum absolute atomic E-state index is 2.92. The largest absolute Gasteiger partial charge is 0.299 e. The summed E-state index contributed by atoms with van der Waals surface area (Å²) in [6.45, 7) is 22.3. The molecule has 8 atom stereocenters. The summed E-state index contributed by atoms with van der Waals surface area (Å²) < 4.78 is 0. The van der Waals surface area contributed by atoms with Crippen molar-refractivity contribution in [1.29, 1.82) is 0 Å². The molecule has 0 aromatic carbocycles. The van der Waals surface area contributed by atoms with Crippen molar-refractivity contribution in [3.05, 3.63) is 0 Å². The average Bonchev–Trinajstić information content (AvgIpc) is 2.53. The minimum absolute atomic E-state index is 0.736. The lowest BCUT2D eigenvalue weighted by molar-refractivity contribution is 0.0777. The van der Waals surface area contributed by atoms with Crippen molar-refractivity contribution in [3.8, 4) is 0 Å². The van der Waals surface area contributed by atoms with Gasteiger partial charge < -0.3 is 0 Å². The van der Waals surface area contributed by atoms with Gasteiger partial charge in [0, 0.05) is 12.1 Å². The van der Waals surface area contributed by atoms with Crippen molar-refractivity contribution in [1.82, 2.24) is 4.90 Å². The molecule has 0 aliphatic carbocycles. The van der Waals surface area contributed by atoms with E-state index in [9.17, 15) is 0 Å². The van der Waals surface area contributed by atoms with Crippen LogP contribution in [0.2, 0.25) is 18.5 Å². The summed E-state index contributed by atoms with van der Waals surface area (Å²) in [4.78, 5) is 2.92. The molecule has 0 spiro atoms. The van der Waals surface area contributed by atoms with Crippen LogP contribution in [0.1, 0.15) is 61.8 Å². The second-order valence-corrected chi connectivity index (χ2v) is 9.12. The molecule has 2 heteroatoms. The minimum Gasteiger partial charge on any atom is -0.299 e. The van der Waals surface area contributed by atoms with Gasteiger partial charge in [-0.2, -0.15) is 0 Å². The van der Waals surface area contributed by atoms with Crippen LogP contribution in [0.3, 0.4) is 0 Å². The van der Waals surface area contributed by atoms with E-state index in [0.717, 1.165) is 54.2 Å². The van der Waals surface area contributed by atoms with E-state index in [1.54, 1.807) is 0 Å². The van der Waals surface area contributed by atoms with E-state index in [0.29, 0.717) is 0 Å². The lowest BCUT2D eigenvalue weighted by Gasteiger charge is -2.47. The highest BCUT2D eigenvalue weighted by Gasteiger charge is 2.42. The third kappa shape index (κ3) is 3.42. The predicted molar refractivity (Wildman–Crippen MR) is 101 cm³/mol. The summed E-state index contributed by atoms with van der Waals surface area (Å²) in [6, 6.07) is 1.56. The van der Waals surface area contributed by atoms with Gasteiger partial charge in [0.25, 0.3) is 0 Å². The summed E-state index contributed by atoms with van der Waals surface area (Å²) in [6.07, 6.45) is 4.22. The van der Waals surface area contributed by atoms with E-state index >= 15 is 0 Å². The van der Waals surface area contributed by atoms with Crippen LogP contribution in [0.25, 0.3) is 0 Å². The summed E-state index contributed by atoms with van der Waals surface area (Å²) in [5, 5.41) is 0. The van der Waals surface area contributed by atoms with Gasteiger partial charge >= 0.3 is 0 Å². The first kappa shape index (κ1) is 18.4. The van der Waals surface area contributed by atoms with Gasteiger partial charge in [-0.15, -0.1) is 0 Å². The first-order valence-corrected chi connectivity index (χ1v) is 10.0. The first-order chi connectivity index (χ1) is 10.3. The zero-order chi connectivity index (χ0) is 16.6. The van der Waals surface area contributed by atoms with Gasteiger partial charge in [0.1, 0.15) is 6.71 Å². The van der Waals surface area contributed by atoms with Gasteiger partial charge in [0.15, 0.2) is 0 Å². The van der Waals surface area contributed by atoms with E-state index in [1.807, 2.05) is 0 Å². The molecular formula is C20H40BN. The summed E-state index contributed by atoms with van der Waals surface area (Å²) >= 11 is 0. The lowest BCUT2D eigenvalue weighted by atomic mass is 9.35. The summed E-state index contributed by atoms with van der Waals surface area (Å²) in [7, 11) is 0. The highest BCUT2D eigenvalue weighted by Crippen LogP contribution is 2.42. The fourth-order valence-electron chi connectivity index (χ4n) is 5.51. The van der Waals surface area contributed by atoms with Crippen LogP contribution in [0.5, 0.6) is 0 Å². The Labute approximate surface area is 140 Å². The number of hydrogen-bond acceptors (Lipinski definition) is 1. The van der Waals surface area contributed by atoms with Gasteiger partial charge in [0.2, 0.25) is 0 Å². The highest BCUT2D eigenvalue weighted by molar-refractivity contribution is 6.60. The topological polar surface area (TPSA) is 3.24 Å². The molecule has 0 radical (unpaired) electrons. The van der Waals surface area contributed by atoms with Gasteiger partial charge in [-0.1, -0.05) is 66.9 Å². The molecule has 0 saturated carbocycles. The van der Waals surface area contributed by atoms with Gasteiger partial charge in [-0.3, -0.25) is 4.90 Å². The highest BCUT2D eigenvalue weighted by atomic mass is 15.2. The molecule has 0 amide bonds. The van der Waals surface area contributed by atoms with Crippen molar-refractivity contribution in [2.24, 2.45) is 29.6 Å². The number of rotatable bonds is 1. The number of hydrogen-bond donors (Lipinski definition) is 0. The normalized spacial score (nSPS) is 48.3. The lowest BCUT2D eigenvalue weighted by Crippen LogP contribution is -2.53. The van der Waals surface area contributed by atoms with Crippen molar-refractivity contribution >= 4 is 6.71 Å². The Morgan fingerprint density at radius 2 is 1.45 bits per heavy atom. The Morgan fingerprint density at radius 3 is 2.05 bits per heavy atom. The van der Waals surface area contributed by atoms with Gasteiger partial charge in [-0.05, 0) is 49.5 Å². The molecule has 0 aromatic rings. The second-order valence-electron chi connectivity index (χ2n) is 9.12. The fourth-order valence-corrected chi connectivity index (χ4v) is 5.51. The van der Waals surface area contributed by atoms with Crippen molar-refractivity contribution in [3.63, 3.8) is 0 Å². The Kier molecular flexibility index (Phi) is 6.08. The standard InChI is InChI=1S/C20H40BN/c1-9-21-11-20-10-13(2)15(4)16(5)17(6)18(7)19(8)22(20)12-14(21)3/h13-20H,9-12H2,1-8H3. The van der Waals surface area contributed by atoms with Crippen LogP contribution in [0.4, 0.5) is 0 Å². The summed E-state index contributed by atoms with van der Waals surface area (Å²) in [5.74, 6) is 5.05. The van der Waals surface area contributed by atoms with E-state index in [2.05, 4.69) is 60.3 Å². The van der Waals surface area contributed by atoms with Crippen LogP contribution in [0.15, 0.2) is 0 Å². The minimum atomic E-state index is 0.736. The SMILES string of the molecule is CCB1CC2CC(C)C(C)C(C)C(C)C(C)C(C)N2CC1C. The maximum atomic E-state index is 2.92. The molecule has 0 N–H and O–H groups in total. The molecule has 1 nitrogen and oxygen atoms in total. The maximum Gasteiger partial charge on any atom is 0.145 e. The van der Waals surface area contributed by atoms with Crippen LogP contribution >= 0.6 is 0 Å². The molecule has 0 bridgehead atoms. The van der Waals surface area contributed by atoms with E-state index in [1.165, 1.54) is 25.6 Å². The van der Waals surface area contributed by atoms with Crippen LogP contribution in [-0.4, -0.2) is 30.2 Å². The van der Waals surface area contributed by atoms with Crippen molar-refractivity contribution in [2.45, 2.75) is 92.4 Å². The second kappa shape index (κ2) is 7.28. The molecule has 22 heavy (non-hydrogen) atoms. The molecule has 2 aliphatic heterocycles. The third-order valence-electron chi connectivity index (χ3n) is 8.19. The quantitative estimate of drug-likeness (QED) is 0.574. The van der Waals surface area contributed by atoms with Gasteiger partial charge in [-0.25, -0.2) is 0 Å². The molecular weight excluding hydrogens is 265 g/mol. The molecule has 8 unspecified atom stereocenters. The zero-order valence-electron chi connectivity index (χ0n) is 16.5. The monoisotopic (exact) mass is 305 g/mol. The molecule has 2 saturated heterocycles. The molecule has 0 aromatic heterocycles. The van der Waals surface area contributed by atoms with Crippen molar-refractivity contribution < 1.29 is 0 Å². The Morgan fingerprint density at radius 1 is 0.864 bits per heavy atom.